The third-order valence-corrected chi connectivity index (χ3v) is 3.81. The topological polar surface area (TPSA) is 55.1 Å². The largest absolute Gasteiger partial charge is 0.393 e. The SMILES string of the molecule is NC(=S)CCCNC(=O)C1C2CCCC21. The van der Waals surface area contributed by atoms with Crippen molar-refractivity contribution in [2.45, 2.75) is 32.1 Å². The summed E-state index contributed by atoms with van der Waals surface area (Å²) in [7, 11) is 0. The van der Waals surface area contributed by atoms with Crippen LogP contribution in [0, 0.1) is 17.8 Å². The fourth-order valence-electron chi connectivity index (χ4n) is 2.80. The second kappa shape index (κ2) is 4.47. The molecule has 2 fully saturated rings. The van der Waals surface area contributed by atoms with Gasteiger partial charge in [0.15, 0.2) is 0 Å². The lowest BCUT2D eigenvalue weighted by molar-refractivity contribution is -0.123. The normalized spacial score (nSPS) is 32.1. The van der Waals surface area contributed by atoms with E-state index in [1.54, 1.807) is 0 Å². The minimum absolute atomic E-state index is 0.257. The number of fused-ring (bicyclic) bond motifs is 1. The third kappa shape index (κ3) is 2.48. The van der Waals surface area contributed by atoms with E-state index < -0.39 is 0 Å². The Balaban J connectivity index is 1.60. The van der Waals surface area contributed by atoms with E-state index in [9.17, 15) is 4.79 Å². The Morgan fingerprint density at radius 2 is 2.07 bits per heavy atom. The van der Waals surface area contributed by atoms with Crippen molar-refractivity contribution < 1.29 is 4.79 Å². The molecule has 84 valence electrons. The molecule has 1 amide bonds. The number of carbonyl (C=O) groups is 1. The zero-order valence-corrected chi connectivity index (χ0v) is 9.69. The van der Waals surface area contributed by atoms with E-state index in [4.69, 9.17) is 18.0 Å². The molecule has 0 radical (unpaired) electrons. The predicted octanol–water partition coefficient (Wildman–Crippen LogP) is 1.21. The highest BCUT2D eigenvalue weighted by atomic mass is 32.1. The van der Waals surface area contributed by atoms with Crippen molar-refractivity contribution in [3.8, 4) is 0 Å². The van der Waals surface area contributed by atoms with Crippen molar-refractivity contribution in [3.63, 3.8) is 0 Å². The van der Waals surface area contributed by atoms with Crippen molar-refractivity contribution in [2.24, 2.45) is 23.5 Å². The Kier molecular flexibility index (Phi) is 3.24. The van der Waals surface area contributed by atoms with Gasteiger partial charge in [-0.05, 0) is 37.5 Å². The quantitative estimate of drug-likeness (QED) is 0.547. The summed E-state index contributed by atoms with van der Waals surface area (Å²) in [5.41, 5.74) is 5.37. The summed E-state index contributed by atoms with van der Waals surface area (Å²) in [6, 6.07) is 0. The van der Waals surface area contributed by atoms with E-state index in [-0.39, 0.29) is 5.91 Å². The predicted molar refractivity (Wildman–Crippen MR) is 63.4 cm³/mol. The first-order chi connectivity index (χ1) is 7.20. The minimum atomic E-state index is 0.257. The fraction of sp³-hybridized carbons (Fsp3) is 0.818. The van der Waals surface area contributed by atoms with Crippen LogP contribution in [0.1, 0.15) is 32.1 Å². The standard InChI is InChI=1S/C11H18N2OS/c12-9(15)5-2-6-13-11(14)10-7-3-1-4-8(7)10/h7-8,10H,1-6H2,(H2,12,15)(H,13,14). The lowest BCUT2D eigenvalue weighted by atomic mass is 10.1. The van der Waals surface area contributed by atoms with Gasteiger partial charge < -0.3 is 11.1 Å². The highest BCUT2D eigenvalue weighted by molar-refractivity contribution is 7.80. The lowest BCUT2D eigenvalue weighted by Crippen LogP contribution is -2.28. The molecule has 0 saturated heterocycles. The zero-order chi connectivity index (χ0) is 10.8. The van der Waals surface area contributed by atoms with Gasteiger partial charge in [-0.2, -0.15) is 0 Å². The summed E-state index contributed by atoms with van der Waals surface area (Å²) >= 11 is 4.77. The molecule has 0 aromatic rings. The molecule has 15 heavy (non-hydrogen) atoms. The average molecular weight is 226 g/mol. The van der Waals surface area contributed by atoms with Gasteiger partial charge in [0, 0.05) is 12.5 Å². The molecule has 3 N–H and O–H groups in total. The number of amides is 1. The van der Waals surface area contributed by atoms with Crippen molar-refractivity contribution in [2.75, 3.05) is 6.54 Å². The van der Waals surface area contributed by atoms with Gasteiger partial charge in [0.25, 0.3) is 0 Å². The van der Waals surface area contributed by atoms with Crippen LogP contribution in [-0.2, 0) is 4.79 Å². The van der Waals surface area contributed by atoms with E-state index in [0.29, 0.717) is 29.3 Å². The number of carbonyl (C=O) groups excluding carboxylic acids is 1. The maximum atomic E-state index is 11.7. The Morgan fingerprint density at radius 1 is 1.40 bits per heavy atom. The van der Waals surface area contributed by atoms with Crippen molar-refractivity contribution in [1.29, 1.82) is 0 Å². The maximum absolute atomic E-state index is 11.7. The van der Waals surface area contributed by atoms with Gasteiger partial charge in [-0.25, -0.2) is 0 Å². The summed E-state index contributed by atoms with van der Waals surface area (Å²) in [5, 5.41) is 2.97. The van der Waals surface area contributed by atoms with Crippen molar-refractivity contribution in [3.05, 3.63) is 0 Å². The van der Waals surface area contributed by atoms with Crippen LogP contribution in [0.2, 0.25) is 0 Å². The van der Waals surface area contributed by atoms with Crippen LogP contribution in [0.5, 0.6) is 0 Å². The molecule has 2 unspecified atom stereocenters. The van der Waals surface area contributed by atoms with Crippen LogP contribution < -0.4 is 11.1 Å². The number of hydrogen-bond acceptors (Lipinski definition) is 2. The van der Waals surface area contributed by atoms with Crippen molar-refractivity contribution in [1.82, 2.24) is 5.32 Å². The molecule has 2 atom stereocenters. The molecule has 2 saturated carbocycles. The van der Waals surface area contributed by atoms with E-state index in [1.807, 2.05) is 0 Å². The molecular formula is C11H18N2OS. The lowest BCUT2D eigenvalue weighted by Gasteiger charge is -2.05. The fourth-order valence-corrected chi connectivity index (χ4v) is 2.95. The second-order valence-electron chi connectivity index (χ2n) is 4.65. The number of thiocarbonyl (C=S) groups is 1. The van der Waals surface area contributed by atoms with E-state index in [2.05, 4.69) is 5.32 Å². The van der Waals surface area contributed by atoms with E-state index >= 15 is 0 Å². The summed E-state index contributed by atoms with van der Waals surface area (Å²) in [6.45, 7) is 0.714. The Hall–Kier alpha value is -0.640. The third-order valence-electron chi connectivity index (χ3n) is 3.61. The molecule has 3 nitrogen and oxygen atoms in total. The minimum Gasteiger partial charge on any atom is -0.393 e. The first kappa shape index (κ1) is 10.9. The highest BCUT2D eigenvalue weighted by Gasteiger charge is 2.56. The maximum Gasteiger partial charge on any atom is 0.223 e. The molecule has 0 aromatic heterocycles. The Bertz CT molecular complexity index is 270. The molecule has 0 aromatic carbocycles. The first-order valence-electron chi connectivity index (χ1n) is 5.76. The van der Waals surface area contributed by atoms with Gasteiger partial charge in [0.05, 0.1) is 4.99 Å². The molecule has 2 aliphatic rings. The van der Waals surface area contributed by atoms with Crippen LogP contribution >= 0.6 is 12.2 Å². The number of nitrogens with one attached hydrogen (secondary N) is 1. The van der Waals surface area contributed by atoms with Gasteiger partial charge in [0.1, 0.15) is 0 Å². The molecule has 0 bridgehead atoms. The van der Waals surface area contributed by atoms with Gasteiger partial charge in [0.2, 0.25) is 5.91 Å². The van der Waals surface area contributed by atoms with Gasteiger partial charge >= 0.3 is 0 Å². The Morgan fingerprint density at radius 3 is 2.67 bits per heavy atom. The van der Waals surface area contributed by atoms with Crippen LogP contribution in [0.15, 0.2) is 0 Å². The first-order valence-corrected chi connectivity index (χ1v) is 6.17. The molecule has 0 aliphatic heterocycles. The molecule has 4 heteroatoms. The summed E-state index contributed by atoms with van der Waals surface area (Å²) in [6.07, 6.45) is 5.43. The monoisotopic (exact) mass is 226 g/mol. The molecule has 2 rings (SSSR count). The van der Waals surface area contributed by atoms with E-state index in [1.165, 1.54) is 19.3 Å². The molecular weight excluding hydrogens is 208 g/mol. The molecule has 0 spiro atoms. The smallest absolute Gasteiger partial charge is 0.223 e. The van der Waals surface area contributed by atoms with Crippen LogP contribution in [0.4, 0.5) is 0 Å². The van der Waals surface area contributed by atoms with Crippen molar-refractivity contribution >= 4 is 23.1 Å². The molecule has 2 aliphatic carbocycles. The number of hydrogen-bond donors (Lipinski definition) is 2. The van der Waals surface area contributed by atoms with Gasteiger partial charge in [-0.3, -0.25) is 4.79 Å². The van der Waals surface area contributed by atoms with Crippen LogP contribution in [0.25, 0.3) is 0 Å². The zero-order valence-electron chi connectivity index (χ0n) is 8.87. The summed E-state index contributed by atoms with van der Waals surface area (Å²) < 4.78 is 0. The second-order valence-corrected chi connectivity index (χ2v) is 5.17. The molecule has 0 heterocycles. The van der Waals surface area contributed by atoms with E-state index in [0.717, 1.165) is 12.8 Å². The summed E-state index contributed by atoms with van der Waals surface area (Å²) in [5.74, 6) is 2.01. The van der Waals surface area contributed by atoms with Gasteiger partial charge in [-0.15, -0.1) is 0 Å². The summed E-state index contributed by atoms with van der Waals surface area (Å²) in [4.78, 5) is 12.2. The van der Waals surface area contributed by atoms with Crippen LogP contribution in [-0.4, -0.2) is 17.4 Å². The van der Waals surface area contributed by atoms with Gasteiger partial charge in [-0.1, -0.05) is 18.6 Å². The number of nitrogens with two attached hydrogens (primary N) is 1. The highest BCUT2D eigenvalue weighted by Crippen LogP contribution is 2.57. The Labute approximate surface area is 95.8 Å². The average Bonchev–Trinajstić information content (AvgIpc) is 2.67. The number of rotatable bonds is 5. The van der Waals surface area contributed by atoms with Crippen LogP contribution in [0.3, 0.4) is 0 Å².